The Labute approximate surface area is 135 Å². The molecule has 124 valence electrons. The van der Waals surface area contributed by atoms with Crippen molar-refractivity contribution in [1.82, 2.24) is 20.4 Å². The van der Waals surface area contributed by atoms with Gasteiger partial charge in [-0.1, -0.05) is 6.92 Å². The number of nitrogens with one attached hydrogen (secondary N) is 2. The second-order valence-electron chi connectivity index (χ2n) is 5.51. The minimum absolute atomic E-state index is 0.276. The van der Waals surface area contributed by atoms with Gasteiger partial charge in [-0.15, -0.1) is 0 Å². The van der Waals surface area contributed by atoms with Crippen molar-refractivity contribution in [3.8, 4) is 5.69 Å². The van der Waals surface area contributed by atoms with Crippen molar-refractivity contribution in [3.63, 3.8) is 0 Å². The molecule has 0 radical (unpaired) electrons. The van der Waals surface area contributed by atoms with E-state index in [4.69, 9.17) is 0 Å². The van der Waals surface area contributed by atoms with Gasteiger partial charge in [0, 0.05) is 24.3 Å². The van der Waals surface area contributed by atoms with Crippen LogP contribution in [0.1, 0.15) is 35.1 Å². The fraction of sp³-hybridized carbons (Fsp3) is 0.412. The van der Waals surface area contributed by atoms with Crippen molar-refractivity contribution in [1.29, 1.82) is 0 Å². The first-order valence-electron chi connectivity index (χ1n) is 7.85. The minimum atomic E-state index is -0.465. The maximum atomic E-state index is 14.3. The summed E-state index contributed by atoms with van der Waals surface area (Å²) < 4.78 is 15.9. The standard InChI is InChI=1S/C17H23FN4O/c1-4-7-19-8-9-20-17(23)14-5-6-16(15(18)11-14)22-13(3)10-12(2)21-22/h5-6,10-11,19H,4,7-9H2,1-3H3,(H,20,23). The number of hydrogen-bond donors (Lipinski definition) is 2. The van der Waals surface area contributed by atoms with E-state index in [2.05, 4.69) is 22.7 Å². The van der Waals surface area contributed by atoms with E-state index >= 15 is 0 Å². The highest BCUT2D eigenvalue weighted by molar-refractivity contribution is 5.94. The van der Waals surface area contributed by atoms with E-state index in [0.717, 1.165) is 24.4 Å². The number of nitrogens with zero attached hydrogens (tertiary/aromatic N) is 2. The molecule has 2 rings (SSSR count). The predicted octanol–water partition coefficient (Wildman–Crippen LogP) is 2.36. The molecule has 2 N–H and O–H groups in total. The highest BCUT2D eigenvalue weighted by Gasteiger charge is 2.12. The lowest BCUT2D eigenvalue weighted by molar-refractivity contribution is 0.0953. The molecule has 0 aliphatic carbocycles. The Balaban J connectivity index is 2.04. The Morgan fingerprint density at radius 3 is 2.61 bits per heavy atom. The average molecular weight is 318 g/mol. The first-order chi connectivity index (χ1) is 11.0. The van der Waals surface area contributed by atoms with Crippen molar-refractivity contribution in [2.75, 3.05) is 19.6 Å². The number of carbonyl (C=O) groups excluding carboxylic acids is 1. The van der Waals surface area contributed by atoms with E-state index in [9.17, 15) is 9.18 Å². The summed E-state index contributed by atoms with van der Waals surface area (Å²) in [5.41, 5.74) is 2.32. The van der Waals surface area contributed by atoms with Crippen LogP contribution in [0.5, 0.6) is 0 Å². The van der Waals surface area contributed by atoms with Gasteiger partial charge in [-0.2, -0.15) is 5.10 Å². The van der Waals surface area contributed by atoms with Crippen LogP contribution in [0.25, 0.3) is 5.69 Å². The van der Waals surface area contributed by atoms with Crippen molar-refractivity contribution in [2.45, 2.75) is 27.2 Å². The van der Waals surface area contributed by atoms with Gasteiger partial charge in [0.05, 0.1) is 5.69 Å². The van der Waals surface area contributed by atoms with E-state index in [-0.39, 0.29) is 5.91 Å². The van der Waals surface area contributed by atoms with Crippen molar-refractivity contribution >= 4 is 5.91 Å². The summed E-state index contributed by atoms with van der Waals surface area (Å²) in [6.45, 7) is 7.94. The Hall–Kier alpha value is -2.21. The maximum absolute atomic E-state index is 14.3. The second-order valence-corrected chi connectivity index (χ2v) is 5.51. The zero-order valence-corrected chi connectivity index (χ0v) is 13.8. The summed E-state index contributed by atoms with van der Waals surface area (Å²) in [5, 5.41) is 10.2. The van der Waals surface area contributed by atoms with Crippen molar-refractivity contribution in [2.24, 2.45) is 0 Å². The molecule has 0 unspecified atom stereocenters. The molecule has 2 aromatic rings. The molecule has 0 aliphatic rings. The second kappa shape index (κ2) is 7.87. The molecule has 23 heavy (non-hydrogen) atoms. The molecule has 1 amide bonds. The number of rotatable bonds is 7. The van der Waals surface area contributed by atoms with Gasteiger partial charge < -0.3 is 10.6 Å². The van der Waals surface area contributed by atoms with Gasteiger partial charge in [0.2, 0.25) is 0 Å². The number of amides is 1. The molecule has 1 heterocycles. The highest BCUT2D eigenvalue weighted by Crippen LogP contribution is 2.17. The highest BCUT2D eigenvalue weighted by atomic mass is 19.1. The summed E-state index contributed by atoms with van der Waals surface area (Å²) in [6.07, 6.45) is 1.05. The number of halogens is 1. The molecule has 1 aromatic heterocycles. The van der Waals surface area contributed by atoms with Gasteiger partial charge in [0.1, 0.15) is 11.5 Å². The average Bonchev–Trinajstić information content (AvgIpc) is 2.85. The van der Waals surface area contributed by atoms with Crippen LogP contribution in [-0.4, -0.2) is 35.3 Å². The summed E-state index contributed by atoms with van der Waals surface area (Å²) in [5.74, 6) is -0.741. The van der Waals surface area contributed by atoms with E-state index in [1.54, 1.807) is 16.8 Å². The molecule has 1 aromatic carbocycles. The van der Waals surface area contributed by atoms with Gasteiger partial charge in [-0.3, -0.25) is 4.79 Å². The SMILES string of the molecule is CCCNCCNC(=O)c1ccc(-n2nc(C)cc2C)c(F)c1. The molecule has 0 spiro atoms. The third-order valence-electron chi connectivity index (χ3n) is 3.46. The summed E-state index contributed by atoms with van der Waals surface area (Å²) in [6, 6.07) is 6.33. The molecule has 0 saturated carbocycles. The van der Waals surface area contributed by atoms with Crippen LogP contribution in [0.3, 0.4) is 0 Å². The molecule has 0 fully saturated rings. The van der Waals surface area contributed by atoms with Crippen molar-refractivity contribution < 1.29 is 9.18 Å². The quantitative estimate of drug-likeness (QED) is 0.771. The topological polar surface area (TPSA) is 58.9 Å². The number of hydrogen-bond acceptors (Lipinski definition) is 3. The van der Waals surface area contributed by atoms with Gasteiger partial charge in [-0.05, 0) is 51.1 Å². The lowest BCUT2D eigenvalue weighted by atomic mass is 10.2. The lowest BCUT2D eigenvalue weighted by Gasteiger charge is -2.09. The van der Waals surface area contributed by atoms with E-state index in [0.29, 0.717) is 24.3 Å². The predicted molar refractivity (Wildman–Crippen MR) is 88.5 cm³/mol. The van der Waals surface area contributed by atoms with E-state index in [1.807, 2.05) is 19.9 Å². The van der Waals surface area contributed by atoms with Crippen LogP contribution < -0.4 is 10.6 Å². The largest absolute Gasteiger partial charge is 0.351 e. The van der Waals surface area contributed by atoms with Crippen LogP contribution in [0, 0.1) is 19.7 Å². The zero-order valence-electron chi connectivity index (χ0n) is 13.8. The summed E-state index contributed by atoms with van der Waals surface area (Å²) >= 11 is 0. The third-order valence-corrected chi connectivity index (χ3v) is 3.46. The first kappa shape index (κ1) is 17.1. The summed E-state index contributed by atoms with van der Waals surface area (Å²) in [4.78, 5) is 12.0. The van der Waals surface area contributed by atoms with E-state index < -0.39 is 5.82 Å². The fourth-order valence-corrected chi connectivity index (χ4v) is 2.36. The van der Waals surface area contributed by atoms with Gasteiger partial charge in [0.25, 0.3) is 5.91 Å². The fourth-order valence-electron chi connectivity index (χ4n) is 2.36. The van der Waals surface area contributed by atoms with Crippen LogP contribution in [-0.2, 0) is 0 Å². The van der Waals surface area contributed by atoms with Gasteiger partial charge in [-0.25, -0.2) is 9.07 Å². The van der Waals surface area contributed by atoms with Gasteiger partial charge >= 0.3 is 0 Å². The Bertz CT molecular complexity index is 681. The number of aromatic nitrogens is 2. The zero-order chi connectivity index (χ0) is 16.8. The number of benzene rings is 1. The molecular weight excluding hydrogens is 295 g/mol. The van der Waals surface area contributed by atoms with Gasteiger partial charge in [0.15, 0.2) is 0 Å². The van der Waals surface area contributed by atoms with Crippen LogP contribution in [0.4, 0.5) is 4.39 Å². The molecule has 6 heteroatoms. The van der Waals surface area contributed by atoms with E-state index in [1.165, 1.54) is 6.07 Å². The normalized spacial score (nSPS) is 10.8. The lowest BCUT2D eigenvalue weighted by Crippen LogP contribution is -2.32. The molecule has 0 bridgehead atoms. The first-order valence-corrected chi connectivity index (χ1v) is 7.85. The summed E-state index contributed by atoms with van der Waals surface area (Å²) in [7, 11) is 0. The van der Waals surface area contributed by atoms with Crippen LogP contribution >= 0.6 is 0 Å². The Kier molecular flexibility index (Phi) is 5.87. The van der Waals surface area contributed by atoms with Crippen molar-refractivity contribution in [3.05, 3.63) is 47.0 Å². The maximum Gasteiger partial charge on any atom is 0.251 e. The monoisotopic (exact) mass is 318 g/mol. The molecule has 5 nitrogen and oxygen atoms in total. The third kappa shape index (κ3) is 4.39. The molecule has 0 aliphatic heterocycles. The Morgan fingerprint density at radius 1 is 1.22 bits per heavy atom. The van der Waals surface area contributed by atoms with Crippen LogP contribution in [0.2, 0.25) is 0 Å². The minimum Gasteiger partial charge on any atom is -0.351 e. The van der Waals surface area contributed by atoms with Crippen LogP contribution in [0.15, 0.2) is 24.3 Å². The molecule has 0 saturated heterocycles. The molecular formula is C17H23FN4O. The molecule has 0 atom stereocenters. The smallest absolute Gasteiger partial charge is 0.251 e. The Morgan fingerprint density at radius 2 is 2.00 bits per heavy atom. The number of carbonyl (C=O) groups is 1. The number of aryl methyl sites for hydroxylation is 2.